The molecule has 0 unspecified atom stereocenters. The molecular weight excluding hydrogens is 231 g/mol. The van der Waals surface area contributed by atoms with Crippen LogP contribution in [0.3, 0.4) is 0 Å². The van der Waals surface area contributed by atoms with Gasteiger partial charge in [-0.25, -0.2) is 10.4 Å². The van der Waals surface area contributed by atoms with E-state index in [4.69, 9.17) is 11.6 Å². The fourth-order valence-corrected chi connectivity index (χ4v) is 0.835. The first-order valence-corrected chi connectivity index (χ1v) is 4.47. The molecule has 1 atom stereocenters. The van der Waals surface area contributed by atoms with Crippen LogP contribution in [0.4, 0.5) is 18.9 Å². The Morgan fingerprint density at radius 2 is 2.07 bits per heavy atom. The van der Waals surface area contributed by atoms with Gasteiger partial charge in [0.2, 0.25) is 0 Å². The Balaban J connectivity index is 2.47. The van der Waals surface area contributed by atoms with Gasteiger partial charge < -0.3 is 5.43 Å². The maximum absolute atomic E-state index is 12.1. The molecule has 84 valence electrons. The third-order valence-corrected chi connectivity index (χ3v) is 1.87. The van der Waals surface area contributed by atoms with Crippen LogP contribution in [-0.4, -0.2) is 17.2 Å². The lowest BCUT2D eigenvalue weighted by molar-refractivity contribution is -0.150. The van der Waals surface area contributed by atoms with Crippen LogP contribution in [0.15, 0.2) is 18.3 Å². The summed E-state index contributed by atoms with van der Waals surface area (Å²) in [7, 11) is 0. The highest BCUT2D eigenvalue weighted by atomic mass is 35.5. The summed E-state index contributed by atoms with van der Waals surface area (Å²) in [6.45, 7) is 1.01. The van der Waals surface area contributed by atoms with Gasteiger partial charge in [-0.1, -0.05) is 11.6 Å². The minimum absolute atomic E-state index is 0.282. The lowest BCUT2D eigenvalue weighted by Gasteiger charge is -2.18. The van der Waals surface area contributed by atoms with Gasteiger partial charge in [0.25, 0.3) is 0 Å². The molecule has 0 saturated carbocycles. The van der Waals surface area contributed by atoms with Gasteiger partial charge in [0.1, 0.15) is 11.2 Å². The second kappa shape index (κ2) is 4.67. The number of nitrogens with one attached hydrogen (secondary N) is 2. The standard InChI is InChI=1S/C8H9ClF3N3/c1-5(8(10,11)12)14-15-6-2-3-7(9)13-4-6/h2-5,14-15H,1H3/t5-/m0/s1. The Morgan fingerprint density at radius 3 is 2.53 bits per heavy atom. The number of rotatable bonds is 3. The van der Waals surface area contributed by atoms with E-state index in [1.54, 1.807) is 0 Å². The summed E-state index contributed by atoms with van der Waals surface area (Å²) in [6, 6.07) is 1.35. The summed E-state index contributed by atoms with van der Waals surface area (Å²) in [4.78, 5) is 3.70. The van der Waals surface area contributed by atoms with Crippen LogP contribution in [0.5, 0.6) is 0 Å². The van der Waals surface area contributed by atoms with E-state index in [0.29, 0.717) is 5.69 Å². The summed E-state index contributed by atoms with van der Waals surface area (Å²) in [5.41, 5.74) is 4.90. The number of hydrazine groups is 1. The lowest BCUT2D eigenvalue weighted by atomic mass is 10.3. The molecule has 0 fully saturated rings. The molecule has 15 heavy (non-hydrogen) atoms. The topological polar surface area (TPSA) is 37.0 Å². The summed E-state index contributed by atoms with van der Waals surface area (Å²) in [6.07, 6.45) is -2.95. The summed E-state index contributed by atoms with van der Waals surface area (Å²) >= 11 is 5.51. The molecule has 7 heteroatoms. The molecule has 0 bridgehead atoms. The largest absolute Gasteiger partial charge is 0.405 e. The number of aromatic nitrogens is 1. The number of anilines is 1. The zero-order valence-electron chi connectivity index (χ0n) is 7.77. The van der Waals surface area contributed by atoms with Crippen molar-refractivity contribution in [3.63, 3.8) is 0 Å². The van der Waals surface area contributed by atoms with Gasteiger partial charge in [0, 0.05) is 0 Å². The number of nitrogens with zero attached hydrogens (tertiary/aromatic N) is 1. The minimum atomic E-state index is -4.28. The minimum Gasteiger partial charge on any atom is -0.319 e. The van der Waals surface area contributed by atoms with Crippen molar-refractivity contribution in [2.45, 2.75) is 19.1 Å². The van der Waals surface area contributed by atoms with E-state index in [0.717, 1.165) is 6.92 Å². The smallest absolute Gasteiger partial charge is 0.319 e. The number of halogens is 4. The molecule has 3 nitrogen and oxygen atoms in total. The van der Waals surface area contributed by atoms with Crippen molar-refractivity contribution in [1.82, 2.24) is 10.4 Å². The monoisotopic (exact) mass is 239 g/mol. The number of pyridine rings is 1. The van der Waals surface area contributed by atoms with Crippen LogP contribution in [0, 0.1) is 0 Å². The van der Waals surface area contributed by atoms with Crippen LogP contribution >= 0.6 is 11.6 Å². The maximum atomic E-state index is 12.1. The zero-order valence-corrected chi connectivity index (χ0v) is 8.52. The molecule has 0 aliphatic heterocycles. The average Bonchev–Trinajstić information content (AvgIpc) is 2.15. The van der Waals surface area contributed by atoms with Gasteiger partial charge >= 0.3 is 6.18 Å². The summed E-state index contributed by atoms with van der Waals surface area (Å²) in [5.74, 6) is 0. The summed E-state index contributed by atoms with van der Waals surface area (Å²) in [5, 5.41) is 0.282. The van der Waals surface area contributed by atoms with Crippen molar-refractivity contribution in [1.29, 1.82) is 0 Å². The third kappa shape index (κ3) is 3.93. The fraction of sp³-hybridized carbons (Fsp3) is 0.375. The molecular formula is C8H9ClF3N3. The fourth-order valence-electron chi connectivity index (χ4n) is 0.723. The van der Waals surface area contributed by atoms with E-state index in [1.165, 1.54) is 18.3 Å². The van der Waals surface area contributed by atoms with E-state index >= 15 is 0 Å². The third-order valence-electron chi connectivity index (χ3n) is 1.65. The normalized spacial score (nSPS) is 13.7. The van der Waals surface area contributed by atoms with E-state index in [2.05, 4.69) is 15.8 Å². The number of hydrogen-bond donors (Lipinski definition) is 2. The number of alkyl halides is 3. The zero-order chi connectivity index (χ0) is 11.5. The molecule has 1 aromatic rings. The number of hydrogen-bond acceptors (Lipinski definition) is 3. The van der Waals surface area contributed by atoms with Gasteiger partial charge in [-0.2, -0.15) is 13.2 Å². The quantitative estimate of drug-likeness (QED) is 0.629. The van der Waals surface area contributed by atoms with Crippen LogP contribution in [-0.2, 0) is 0 Å². The van der Waals surface area contributed by atoms with Gasteiger partial charge in [-0.15, -0.1) is 0 Å². The first-order chi connectivity index (χ1) is 6.89. The molecule has 0 aliphatic rings. The van der Waals surface area contributed by atoms with E-state index in [-0.39, 0.29) is 5.15 Å². The lowest BCUT2D eigenvalue weighted by Crippen LogP contribution is -2.42. The molecule has 0 aromatic carbocycles. The Bertz CT molecular complexity index is 312. The van der Waals surface area contributed by atoms with Crippen molar-refractivity contribution in [3.8, 4) is 0 Å². The molecule has 0 saturated heterocycles. The average molecular weight is 240 g/mol. The van der Waals surface area contributed by atoms with E-state index in [9.17, 15) is 13.2 Å². The molecule has 1 rings (SSSR count). The van der Waals surface area contributed by atoms with Gasteiger partial charge in [-0.05, 0) is 19.1 Å². The molecule has 2 N–H and O–H groups in total. The predicted octanol–water partition coefficient (Wildman–Crippen LogP) is 2.60. The molecule has 1 heterocycles. The highest BCUT2D eigenvalue weighted by Crippen LogP contribution is 2.19. The van der Waals surface area contributed by atoms with Crippen molar-refractivity contribution in [3.05, 3.63) is 23.5 Å². The Morgan fingerprint density at radius 1 is 1.40 bits per heavy atom. The van der Waals surface area contributed by atoms with E-state index in [1.807, 2.05) is 0 Å². The first-order valence-electron chi connectivity index (χ1n) is 4.09. The van der Waals surface area contributed by atoms with Crippen molar-refractivity contribution < 1.29 is 13.2 Å². The highest BCUT2D eigenvalue weighted by molar-refractivity contribution is 6.29. The Labute approximate surface area is 89.6 Å². The van der Waals surface area contributed by atoms with Gasteiger partial charge in [0.05, 0.1) is 11.9 Å². The second-order valence-corrected chi connectivity index (χ2v) is 3.29. The van der Waals surface area contributed by atoms with Crippen molar-refractivity contribution in [2.24, 2.45) is 0 Å². The van der Waals surface area contributed by atoms with Crippen LogP contribution in [0.25, 0.3) is 0 Å². The van der Waals surface area contributed by atoms with Crippen LogP contribution in [0.2, 0.25) is 5.15 Å². The molecule has 1 aromatic heterocycles. The predicted molar refractivity (Wildman–Crippen MR) is 51.5 cm³/mol. The van der Waals surface area contributed by atoms with Gasteiger partial charge in [0.15, 0.2) is 0 Å². The first kappa shape index (κ1) is 12.1. The summed E-state index contributed by atoms with van der Waals surface area (Å²) < 4.78 is 36.2. The second-order valence-electron chi connectivity index (χ2n) is 2.90. The maximum Gasteiger partial charge on any atom is 0.405 e. The van der Waals surface area contributed by atoms with Crippen molar-refractivity contribution in [2.75, 3.05) is 5.43 Å². The molecule has 0 radical (unpaired) electrons. The molecule has 0 spiro atoms. The molecule has 0 aliphatic carbocycles. The van der Waals surface area contributed by atoms with Crippen LogP contribution < -0.4 is 10.9 Å². The SMILES string of the molecule is C[C@H](NNc1ccc(Cl)nc1)C(F)(F)F. The van der Waals surface area contributed by atoms with Gasteiger partial charge in [-0.3, -0.25) is 0 Å². The Kier molecular flexibility index (Phi) is 3.76. The van der Waals surface area contributed by atoms with Crippen LogP contribution in [0.1, 0.15) is 6.92 Å². The molecule has 0 amide bonds. The van der Waals surface area contributed by atoms with E-state index < -0.39 is 12.2 Å². The van der Waals surface area contributed by atoms with Crippen molar-refractivity contribution >= 4 is 17.3 Å². The highest BCUT2D eigenvalue weighted by Gasteiger charge is 2.35. The Hall–Kier alpha value is -1.01.